The summed E-state index contributed by atoms with van der Waals surface area (Å²) < 4.78 is 5.20. The lowest BCUT2D eigenvalue weighted by atomic mass is 9.95. The Hall–Kier alpha value is -2.13. The van der Waals surface area contributed by atoms with Crippen molar-refractivity contribution in [1.82, 2.24) is 5.32 Å². The summed E-state index contributed by atoms with van der Waals surface area (Å²) in [4.78, 5) is 12.4. The predicted octanol–water partition coefficient (Wildman–Crippen LogP) is 2.77. The van der Waals surface area contributed by atoms with E-state index in [1.165, 1.54) is 11.1 Å². The Kier molecular flexibility index (Phi) is 4.02. The van der Waals surface area contributed by atoms with Crippen molar-refractivity contribution in [3.63, 3.8) is 0 Å². The van der Waals surface area contributed by atoms with Gasteiger partial charge >= 0.3 is 0 Å². The smallest absolute Gasteiger partial charge is 0.167 e. The number of hydrogen-bond donors (Lipinski definition) is 1. The number of benzene rings is 2. The molecule has 3 rings (SSSR count). The van der Waals surface area contributed by atoms with Gasteiger partial charge in [0.25, 0.3) is 0 Å². The summed E-state index contributed by atoms with van der Waals surface area (Å²) in [6.45, 7) is 1.87. The minimum atomic E-state index is 0.150. The summed E-state index contributed by atoms with van der Waals surface area (Å²) >= 11 is 0. The van der Waals surface area contributed by atoms with Gasteiger partial charge in [0.2, 0.25) is 0 Å². The van der Waals surface area contributed by atoms with Crippen LogP contribution in [0.4, 0.5) is 0 Å². The number of nitrogens with one attached hydrogen (secondary N) is 1. The lowest BCUT2D eigenvalue weighted by Crippen LogP contribution is -2.23. The molecule has 1 aliphatic rings. The molecule has 3 heteroatoms. The maximum Gasteiger partial charge on any atom is 0.167 e. The zero-order valence-corrected chi connectivity index (χ0v) is 12.2. The Morgan fingerprint density at radius 3 is 2.95 bits per heavy atom. The number of ketones is 1. The van der Waals surface area contributed by atoms with Gasteiger partial charge in [-0.05, 0) is 47.9 Å². The highest BCUT2D eigenvalue weighted by atomic mass is 16.5. The molecule has 1 N–H and O–H groups in total. The van der Waals surface area contributed by atoms with Gasteiger partial charge in [0.15, 0.2) is 5.78 Å². The molecule has 3 nitrogen and oxygen atoms in total. The van der Waals surface area contributed by atoms with Gasteiger partial charge in [-0.3, -0.25) is 4.79 Å². The lowest BCUT2D eigenvalue weighted by Gasteiger charge is -2.17. The Bertz CT molecular complexity index is 664. The normalized spacial score (nSPS) is 13.6. The minimum Gasteiger partial charge on any atom is -0.497 e. The molecule has 2 aromatic rings. The summed E-state index contributed by atoms with van der Waals surface area (Å²) in [5.41, 5.74) is 4.37. The average molecular weight is 281 g/mol. The first-order valence-corrected chi connectivity index (χ1v) is 7.25. The van der Waals surface area contributed by atoms with Gasteiger partial charge in [0.1, 0.15) is 5.75 Å². The summed E-state index contributed by atoms with van der Waals surface area (Å²) in [5, 5.41) is 3.34. The SMILES string of the molecule is COc1cccc(CC(=O)c2ccc3c(c2)CNCC3)c1. The molecule has 21 heavy (non-hydrogen) atoms. The first-order valence-electron chi connectivity index (χ1n) is 7.25. The van der Waals surface area contributed by atoms with E-state index < -0.39 is 0 Å². The number of ether oxygens (including phenoxy) is 1. The van der Waals surface area contributed by atoms with Crippen LogP contribution in [0.25, 0.3) is 0 Å². The molecule has 0 atom stereocenters. The number of hydrogen-bond acceptors (Lipinski definition) is 3. The third kappa shape index (κ3) is 3.14. The van der Waals surface area contributed by atoms with E-state index in [9.17, 15) is 4.79 Å². The summed E-state index contributed by atoms with van der Waals surface area (Å²) in [6.07, 6.45) is 1.45. The van der Waals surface area contributed by atoms with Crippen LogP contribution in [0, 0.1) is 0 Å². The van der Waals surface area contributed by atoms with Crippen LogP contribution in [-0.4, -0.2) is 19.4 Å². The summed E-state index contributed by atoms with van der Waals surface area (Å²) in [6, 6.07) is 13.8. The Morgan fingerprint density at radius 2 is 2.10 bits per heavy atom. The van der Waals surface area contributed by atoms with E-state index in [2.05, 4.69) is 11.4 Å². The molecule has 2 aromatic carbocycles. The monoisotopic (exact) mass is 281 g/mol. The molecule has 0 aliphatic carbocycles. The quantitative estimate of drug-likeness (QED) is 0.876. The number of Topliss-reactive ketones (excluding diaryl/α,β-unsaturated/α-hetero) is 1. The van der Waals surface area contributed by atoms with Crippen LogP contribution < -0.4 is 10.1 Å². The summed E-state index contributed by atoms with van der Waals surface area (Å²) in [5.74, 6) is 0.937. The standard InChI is InChI=1S/C18H19NO2/c1-21-17-4-2-3-13(9-17)10-18(20)15-6-5-14-7-8-19-12-16(14)11-15/h2-6,9,11,19H,7-8,10,12H2,1H3. The number of fused-ring (bicyclic) bond motifs is 1. The second-order valence-electron chi connectivity index (χ2n) is 5.36. The van der Waals surface area contributed by atoms with Crippen molar-refractivity contribution in [3.8, 4) is 5.75 Å². The Labute approximate surface area is 124 Å². The highest BCUT2D eigenvalue weighted by Gasteiger charge is 2.13. The van der Waals surface area contributed by atoms with E-state index in [1.54, 1.807) is 7.11 Å². The van der Waals surface area contributed by atoms with Gasteiger partial charge in [-0.25, -0.2) is 0 Å². The van der Waals surface area contributed by atoms with Crippen LogP contribution in [0.2, 0.25) is 0 Å². The Balaban J connectivity index is 1.78. The third-order valence-electron chi connectivity index (χ3n) is 3.91. The topological polar surface area (TPSA) is 38.3 Å². The van der Waals surface area contributed by atoms with Crippen LogP contribution in [0.5, 0.6) is 5.75 Å². The molecule has 1 heterocycles. The molecule has 0 spiro atoms. The average Bonchev–Trinajstić information content (AvgIpc) is 2.54. The molecule has 0 unspecified atom stereocenters. The number of rotatable bonds is 4. The molecule has 108 valence electrons. The van der Waals surface area contributed by atoms with E-state index >= 15 is 0 Å². The van der Waals surface area contributed by atoms with Gasteiger partial charge in [0.05, 0.1) is 7.11 Å². The zero-order valence-electron chi connectivity index (χ0n) is 12.2. The maximum absolute atomic E-state index is 12.4. The minimum absolute atomic E-state index is 0.150. The number of carbonyl (C=O) groups excluding carboxylic acids is 1. The molecule has 0 aromatic heterocycles. The first-order chi connectivity index (χ1) is 10.3. The molecule has 1 aliphatic heterocycles. The molecule has 0 saturated heterocycles. The van der Waals surface area contributed by atoms with Crippen molar-refractivity contribution in [2.75, 3.05) is 13.7 Å². The number of methoxy groups -OCH3 is 1. The van der Waals surface area contributed by atoms with E-state index in [1.807, 2.05) is 36.4 Å². The molecule has 0 fully saturated rings. The van der Waals surface area contributed by atoms with Gasteiger partial charge < -0.3 is 10.1 Å². The second kappa shape index (κ2) is 6.10. The molecule has 0 radical (unpaired) electrons. The van der Waals surface area contributed by atoms with Crippen molar-refractivity contribution in [2.24, 2.45) is 0 Å². The fourth-order valence-corrected chi connectivity index (χ4v) is 2.72. The third-order valence-corrected chi connectivity index (χ3v) is 3.91. The van der Waals surface area contributed by atoms with Crippen LogP contribution in [0.3, 0.4) is 0 Å². The molecular weight excluding hydrogens is 262 g/mol. The molecule has 0 amide bonds. The van der Waals surface area contributed by atoms with Crippen LogP contribution >= 0.6 is 0 Å². The summed E-state index contributed by atoms with van der Waals surface area (Å²) in [7, 11) is 1.64. The first kappa shape index (κ1) is 13.8. The van der Waals surface area contributed by atoms with Crippen molar-refractivity contribution >= 4 is 5.78 Å². The fraction of sp³-hybridized carbons (Fsp3) is 0.278. The van der Waals surface area contributed by atoms with E-state index in [0.717, 1.165) is 36.4 Å². The highest BCUT2D eigenvalue weighted by Crippen LogP contribution is 2.19. The van der Waals surface area contributed by atoms with Crippen molar-refractivity contribution in [3.05, 3.63) is 64.7 Å². The van der Waals surface area contributed by atoms with E-state index in [4.69, 9.17) is 4.74 Å². The van der Waals surface area contributed by atoms with Crippen molar-refractivity contribution < 1.29 is 9.53 Å². The molecular formula is C18H19NO2. The second-order valence-corrected chi connectivity index (χ2v) is 5.36. The fourth-order valence-electron chi connectivity index (χ4n) is 2.72. The van der Waals surface area contributed by atoms with Gasteiger partial charge in [-0.2, -0.15) is 0 Å². The van der Waals surface area contributed by atoms with Crippen LogP contribution in [0.15, 0.2) is 42.5 Å². The van der Waals surface area contributed by atoms with E-state index in [-0.39, 0.29) is 5.78 Å². The van der Waals surface area contributed by atoms with Crippen LogP contribution in [-0.2, 0) is 19.4 Å². The van der Waals surface area contributed by atoms with Crippen LogP contribution in [0.1, 0.15) is 27.0 Å². The molecule has 0 bridgehead atoms. The number of carbonyl (C=O) groups is 1. The largest absolute Gasteiger partial charge is 0.497 e. The maximum atomic E-state index is 12.4. The van der Waals surface area contributed by atoms with Crippen molar-refractivity contribution in [2.45, 2.75) is 19.4 Å². The van der Waals surface area contributed by atoms with Gasteiger partial charge in [-0.15, -0.1) is 0 Å². The molecule has 0 saturated carbocycles. The van der Waals surface area contributed by atoms with Crippen molar-refractivity contribution in [1.29, 1.82) is 0 Å². The van der Waals surface area contributed by atoms with E-state index in [0.29, 0.717) is 6.42 Å². The Morgan fingerprint density at radius 1 is 1.19 bits per heavy atom. The highest BCUT2D eigenvalue weighted by molar-refractivity contribution is 5.97. The zero-order chi connectivity index (χ0) is 14.7. The lowest BCUT2D eigenvalue weighted by molar-refractivity contribution is 0.0993. The predicted molar refractivity (Wildman–Crippen MR) is 82.9 cm³/mol. The van der Waals surface area contributed by atoms with Gasteiger partial charge in [0, 0.05) is 18.5 Å². The van der Waals surface area contributed by atoms with Gasteiger partial charge in [-0.1, -0.05) is 24.3 Å².